The van der Waals surface area contributed by atoms with Crippen molar-refractivity contribution in [3.8, 4) is 0 Å². The lowest BCUT2D eigenvalue weighted by molar-refractivity contribution is -0.139. The van der Waals surface area contributed by atoms with Crippen molar-refractivity contribution < 1.29 is 19.4 Å². The highest BCUT2D eigenvalue weighted by molar-refractivity contribution is 5.79. The molecule has 0 saturated carbocycles. The SMILES string of the molecule is CC.CC(C)(C)OC(=O)N[C@H](CCCc1ccccc1)C(=O)O. The predicted octanol–water partition coefficient (Wildman–Crippen LogP) is 4.01. The van der Waals surface area contributed by atoms with Gasteiger partial charge in [-0.3, -0.25) is 0 Å². The molecule has 1 aromatic rings. The Bertz CT molecular complexity index is 466. The van der Waals surface area contributed by atoms with E-state index in [1.165, 1.54) is 0 Å². The number of alkyl carbamates (subject to hydrolysis) is 1. The van der Waals surface area contributed by atoms with Gasteiger partial charge >= 0.3 is 12.1 Å². The van der Waals surface area contributed by atoms with Crippen LogP contribution in [0, 0.1) is 0 Å². The van der Waals surface area contributed by atoms with Gasteiger partial charge in [-0.1, -0.05) is 44.2 Å². The molecule has 0 radical (unpaired) electrons. The minimum Gasteiger partial charge on any atom is -0.480 e. The lowest BCUT2D eigenvalue weighted by Crippen LogP contribution is -2.43. The number of carbonyl (C=O) groups excluding carboxylic acids is 1. The highest BCUT2D eigenvalue weighted by Gasteiger charge is 2.23. The minimum absolute atomic E-state index is 0.365. The summed E-state index contributed by atoms with van der Waals surface area (Å²) in [6.07, 6.45) is 1.12. The maximum absolute atomic E-state index is 11.6. The Morgan fingerprint density at radius 2 is 1.74 bits per heavy atom. The topological polar surface area (TPSA) is 75.6 Å². The Morgan fingerprint density at radius 1 is 1.17 bits per heavy atom. The number of aryl methyl sites for hydroxylation is 1. The first-order valence-electron chi connectivity index (χ1n) is 8.04. The Labute approximate surface area is 139 Å². The second-order valence-corrected chi connectivity index (χ2v) is 5.91. The number of aliphatic carboxylic acids is 1. The van der Waals surface area contributed by atoms with Crippen molar-refractivity contribution in [1.29, 1.82) is 0 Å². The monoisotopic (exact) mass is 323 g/mol. The fourth-order valence-corrected chi connectivity index (χ4v) is 1.86. The van der Waals surface area contributed by atoms with Gasteiger partial charge in [-0.05, 0) is 45.6 Å². The van der Waals surface area contributed by atoms with Crippen molar-refractivity contribution >= 4 is 12.1 Å². The van der Waals surface area contributed by atoms with Gasteiger partial charge in [0.25, 0.3) is 0 Å². The van der Waals surface area contributed by atoms with E-state index in [1.54, 1.807) is 20.8 Å². The van der Waals surface area contributed by atoms with Crippen molar-refractivity contribution in [1.82, 2.24) is 5.32 Å². The van der Waals surface area contributed by atoms with E-state index in [1.807, 2.05) is 44.2 Å². The quantitative estimate of drug-likeness (QED) is 0.829. The number of amides is 1. The molecule has 0 aliphatic heterocycles. The largest absolute Gasteiger partial charge is 0.480 e. The van der Waals surface area contributed by atoms with Gasteiger partial charge in [0.1, 0.15) is 11.6 Å². The predicted molar refractivity (Wildman–Crippen MR) is 91.5 cm³/mol. The zero-order valence-corrected chi connectivity index (χ0v) is 14.8. The van der Waals surface area contributed by atoms with Crippen LogP contribution in [-0.4, -0.2) is 28.8 Å². The van der Waals surface area contributed by atoms with Crippen molar-refractivity contribution in [3.63, 3.8) is 0 Å². The molecule has 130 valence electrons. The van der Waals surface area contributed by atoms with Crippen LogP contribution in [0.25, 0.3) is 0 Å². The van der Waals surface area contributed by atoms with E-state index in [0.717, 1.165) is 12.0 Å². The van der Waals surface area contributed by atoms with Gasteiger partial charge < -0.3 is 15.2 Å². The van der Waals surface area contributed by atoms with Crippen molar-refractivity contribution in [2.24, 2.45) is 0 Å². The lowest BCUT2D eigenvalue weighted by atomic mass is 10.0. The number of hydrogen-bond acceptors (Lipinski definition) is 3. The third kappa shape index (κ3) is 10.3. The van der Waals surface area contributed by atoms with Crippen LogP contribution in [0.15, 0.2) is 30.3 Å². The third-order valence-electron chi connectivity index (χ3n) is 2.79. The molecule has 0 saturated heterocycles. The molecule has 1 atom stereocenters. The molecule has 5 nitrogen and oxygen atoms in total. The molecule has 5 heteroatoms. The number of rotatable bonds is 6. The third-order valence-corrected chi connectivity index (χ3v) is 2.79. The summed E-state index contributed by atoms with van der Waals surface area (Å²) in [6.45, 7) is 9.20. The van der Waals surface area contributed by atoms with Gasteiger partial charge in [0, 0.05) is 0 Å². The molecule has 1 amide bonds. The van der Waals surface area contributed by atoms with E-state index in [9.17, 15) is 9.59 Å². The van der Waals surface area contributed by atoms with Gasteiger partial charge in [-0.2, -0.15) is 0 Å². The van der Waals surface area contributed by atoms with E-state index in [4.69, 9.17) is 9.84 Å². The number of ether oxygens (including phenoxy) is 1. The average Bonchev–Trinajstić information content (AvgIpc) is 2.47. The van der Waals surface area contributed by atoms with Crippen LogP contribution in [0.3, 0.4) is 0 Å². The van der Waals surface area contributed by atoms with Crippen LogP contribution in [-0.2, 0) is 16.0 Å². The molecule has 1 aromatic carbocycles. The van der Waals surface area contributed by atoms with Gasteiger partial charge in [-0.25, -0.2) is 9.59 Å². The smallest absolute Gasteiger partial charge is 0.408 e. The van der Waals surface area contributed by atoms with Crippen LogP contribution in [0.5, 0.6) is 0 Å². The Kier molecular flexibility index (Phi) is 9.70. The van der Waals surface area contributed by atoms with Crippen LogP contribution < -0.4 is 5.32 Å². The number of carboxylic acid groups (broad SMARTS) is 1. The Hall–Kier alpha value is -2.04. The van der Waals surface area contributed by atoms with E-state index < -0.39 is 23.7 Å². The van der Waals surface area contributed by atoms with Crippen LogP contribution >= 0.6 is 0 Å². The molecule has 1 rings (SSSR count). The fraction of sp³-hybridized carbons (Fsp3) is 0.556. The molecule has 0 unspecified atom stereocenters. The zero-order chi connectivity index (χ0) is 17.9. The summed E-state index contributed by atoms with van der Waals surface area (Å²) in [6, 6.07) is 8.90. The molecule has 0 bridgehead atoms. The first-order chi connectivity index (χ1) is 10.8. The Balaban J connectivity index is 0.00000232. The van der Waals surface area contributed by atoms with Gasteiger partial charge in [0.15, 0.2) is 0 Å². The summed E-state index contributed by atoms with van der Waals surface area (Å²) in [5, 5.41) is 11.5. The van der Waals surface area contributed by atoms with E-state index >= 15 is 0 Å². The fourth-order valence-electron chi connectivity index (χ4n) is 1.86. The van der Waals surface area contributed by atoms with Gasteiger partial charge in [0.05, 0.1) is 0 Å². The summed E-state index contributed by atoms with van der Waals surface area (Å²) in [7, 11) is 0. The van der Waals surface area contributed by atoms with Crippen LogP contribution in [0.4, 0.5) is 4.79 Å². The molecular formula is C18H29NO4. The molecule has 0 fully saturated rings. The lowest BCUT2D eigenvalue weighted by Gasteiger charge is -2.22. The average molecular weight is 323 g/mol. The van der Waals surface area contributed by atoms with Crippen LogP contribution in [0.2, 0.25) is 0 Å². The molecule has 23 heavy (non-hydrogen) atoms. The van der Waals surface area contributed by atoms with Crippen molar-refractivity contribution in [3.05, 3.63) is 35.9 Å². The number of carboxylic acids is 1. The molecule has 0 spiro atoms. The second-order valence-electron chi connectivity index (χ2n) is 5.91. The van der Waals surface area contributed by atoms with Crippen molar-refractivity contribution in [2.75, 3.05) is 0 Å². The number of carbonyl (C=O) groups is 2. The van der Waals surface area contributed by atoms with Crippen molar-refractivity contribution in [2.45, 2.75) is 65.5 Å². The summed E-state index contributed by atoms with van der Waals surface area (Å²) >= 11 is 0. The van der Waals surface area contributed by atoms with Crippen LogP contribution in [0.1, 0.15) is 53.0 Å². The summed E-state index contributed by atoms with van der Waals surface area (Å²) < 4.78 is 5.07. The molecule has 0 aromatic heterocycles. The van der Waals surface area contributed by atoms with Gasteiger partial charge in [0.2, 0.25) is 0 Å². The first-order valence-corrected chi connectivity index (χ1v) is 8.04. The minimum atomic E-state index is -1.05. The van der Waals surface area contributed by atoms with E-state index in [2.05, 4.69) is 5.32 Å². The standard InChI is InChI=1S/C16H23NO4.C2H6/c1-16(2,3)21-15(20)17-13(14(18)19)11-7-10-12-8-5-4-6-9-12;1-2/h4-6,8-9,13H,7,10-11H2,1-3H3,(H,17,20)(H,18,19);1-2H3/t13-;/m1./s1. The molecule has 0 aliphatic rings. The molecular weight excluding hydrogens is 294 g/mol. The number of hydrogen-bond donors (Lipinski definition) is 2. The zero-order valence-electron chi connectivity index (χ0n) is 14.8. The molecule has 0 heterocycles. The normalized spacial score (nSPS) is 11.7. The number of benzene rings is 1. The summed E-state index contributed by atoms with van der Waals surface area (Å²) in [4.78, 5) is 22.8. The molecule has 0 aliphatic carbocycles. The summed E-state index contributed by atoms with van der Waals surface area (Å²) in [5.74, 6) is -1.05. The number of nitrogens with one attached hydrogen (secondary N) is 1. The maximum Gasteiger partial charge on any atom is 0.408 e. The van der Waals surface area contributed by atoms with E-state index in [-0.39, 0.29) is 0 Å². The van der Waals surface area contributed by atoms with Gasteiger partial charge in [-0.15, -0.1) is 0 Å². The maximum atomic E-state index is 11.6. The molecule has 2 N–H and O–H groups in total. The highest BCUT2D eigenvalue weighted by atomic mass is 16.6. The highest BCUT2D eigenvalue weighted by Crippen LogP contribution is 2.09. The summed E-state index contributed by atoms with van der Waals surface area (Å²) in [5.41, 5.74) is 0.510. The second kappa shape index (κ2) is 10.6. The Morgan fingerprint density at radius 3 is 2.22 bits per heavy atom. The van der Waals surface area contributed by atoms with E-state index in [0.29, 0.717) is 12.8 Å². The first kappa shape index (κ1) is 21.0.